The lowest BCUT2D eigenvalue weighted by molar-refractivity contribution is -0.124. The van der Waals surface area contributed by atoms with E-state index in [-0.39, 0.29) is 11.7 Å². The minimum atomic E-state index is -0.647. The minimum Gasteiger partial charge on any atom is -0.339 e. The molecule has 1 aliphatic rings. The van der Waals surface area contributed by atoms with Crippen molar-refractivity contribution in [1.29, 1.82) is 0 Å². The second kappa shape index (κ2) is 5.60. The van der Waals surface area contributed by atoms with Crippen molar-refractivity contribution in [1.82, 2.24) is 5.32 Å². The predicted molar refractivity (Wildman–Crippen MR) is 85.8 cm³/mol. The van der Waals surface area contributed by atoms with Gasteiger partial charge in [0.15, 0.2) is 5.78 Å². The van der Waals surface area contributed by atoms with E-state index in [0.29, 0.717) is 4.88 Å². The van der Waals surface area contributed by atoms with Crippen LogP contribution >= 0.6 is 11.3 Å². The zero-order valence-corrected chi connectivity index (χ0v) is 13.0. The van der Waals surface area contributed by atoms with Gasteiger partial charge in [-0.2, -0.15) is 0 Å². The lowest BCUT2D eigenvalue weighted by Gasteiger charge is -2.35. The normalized spacial score (nSPS) is 17.6. The summed E-state index contributed by atoms with van der Waals surface area (Å²) in [6.45, 7) is 1.59. The van der Waals surface area contributed by atoms with Gasteiger partial charge in [-0.25, -0.2) is 0 Å². The van der Waals surface area contributed by atoms with Crippen LogP contribution < -0.4 is 5.32 Å². The zero-order chi connectivity index (χ0) is 14.9. The van der Waals surface area contributed by atoms with Gasteiger partial charge in [0, 0.05) is 4.70 Å². The van der Waals surface area contributed by atoms with Gasteiger partial charge in [-0.3, -0.25) is 9.59 Å². The Bertz CT molecular complexity index is 650. The van der Waals surface area contributed by atoms with E-state index in [0.717, 1.165) is 42.2 Å². The number of thiophene rings is 1. The first kappa shape index (κ1) is 14.3. The van der Waals surface area contributed by atoms with Crippen LogP contribution in [0.1, 0.15) is 48.7 Å². The summed E-state index contributed by atoms with van der Waals surface area (Å²) in [6.07, 6.45) is 4.68. The maximum atomic E-state index is 12.5. The zero-order valence-electron chi connectivity index (χ0n) is 12.1. The number of hydrogen-bond donors (Lipinski definition) is 1. The summed E-state index contributed by atoms with van der Waals surface area (Å²) in [7, 11) is 0. The van der Waals surface area contributed by atoms with Crippen molar-refractivity contribution >= 4 is 33.1 Å². The molecule has 0 unspecified atom stereocenters. The summed E-state index contributed by atoms with van der Waals surface area (Å²) < 4.78 is 1.10. The molecule has 0 bridgehead atoms. The Balaban J connectivity index is 1.85. The van der Waals surface area contributed by atoms with E-state index in [9.17, 15) is 9.59 Å². The smallest absolute Gasteiger partial charge is 0.262 e. The van der Waals surface area contributed by atoms with Crippen LogP contribution in [0.25, 0.3) is 10.1 Å². The first-order valence-corrected chi connectivity index (χ1v) is 8.24. The Morgan fingerprint density at radius 2 is 1.86 bits per heavy atom. The Morgan fingerprint density at radius 3 is 2.52 bits per heavy atom. The van der Waals surface area contributed by atoms with Gasteiger partial charge in [0.1, 0.15) is 0 Å². The minimum absolute atomic E-state index is 0.0802. The van der Waals surface area contributed by atoms with Crippen molar-refractivity contribution in [3.8, 4) is 0 Å². The first-order valence-electron chi connectivity index (χ1n) is 7.43. The number of Topliss-reactive ketones (excluding diaryl/α,β-unsaturated/α-hetero) is 1. The van der Waals surface area contributed by atoms with Crippen molar-refractivity contribution in [3.05, 3.63) is 35.2 Å². The fourth-order valence-electron chi connectivity index (χ4n) is 3.09. The third kappa shape index (κ3) is 2.72. The Hall–Kier alpha value is -1.68. The largest absolute Gasteiger partial charge is 0.339 e. The average Bonchev–Trinajstić information content (AvgIpc) is 2.92. The number of carbonyl (C=O) groups is 2. The molecular formula is C17H19NO2S. The highest BCUT2D eigenvalue weighted by Gasteiger charge is 2.38. The number of rotatable bonds is 3. The molecule has 1 saturated carbocycles. The fraction of sp³-hybridized carbons (Fsp3) is 0.412. The summed E-state index contributed by atoms with van der Waals surface area (Å²) in [5.74, 6) is -0.0371. The molecule has 1 aromatic heterocycles. The van der Waals surface area contributed by atoms with Gasteiger partial charge < -0.3 is 5.32 Å². The molecular weight excluding hydrogens is 282 g/mol. The monoisotopic (exact) mass is 301 g/mol. The lowest BCUT2D eigenvalue weighted by atomic mass is 9.79. The molecule has 0 spiro atoms. The van der Waals surface area contributed by atoms with Gasteiger partial charge in [0.05, 0.1) is 10.4 Å². The van der Waals surface area contributed by atoms with Crippen molar-refractivity contribution in [2.45, 2.75) is 44.6 Å². The van der Waals surface area contributed by atoms with Crippen molar-refractivity contribution in [2.75, 3.05) is 0 Å². The van der Waals surface area contributed by atoms with Gasteiger partial charge in [-0.15, -0.1) is 11.3 Å². The van der Waals surface area contributed by atoms with Crippen LogP contribution in [0.5, 0.6) is 0 Å². The molecule has 1 aliphatic carbocycles. The highest BCUT2D eigenvalue weighted by Crippen LogP contribution is 2.31. The van der Waals surface area contributed by atoms with E-state index in [4.69, 9.17) is 0 Å². The molecule has 0 radical (unpaired) electrons. The van der Waals surface area contributed by atoms with Crippen LogP contribution in [0.3, 0.4) is 0 Å². The van der Waals surface area contributed by atoms with Crippen LogP contribution in [-0.2, 0) is 4.79 Å². The molecule has 21 heavy (non-hydrogen) atoms. The summed E-state index contributed by atoms with van der Waals surface area (Å²) >= 11 is 1.48. The Kier molecular flexibility index (Phi) is 3.81. The Labute approximate surface area is 128 Å². The molecule has 4 heteroatoms. The third-order valence-electron chi connectivity index (χ3n) is 4.38. The van der Waals surface area contributed by atoms with E-state index >= 15 is 0 Å². The van der Waals surface area contributed by atoms with Crippen LogP contribution in [-0.4, -0.2) is 17.2 Å². The molecule has 0 atom stereocenters. The molecule has 1 aromatic carbocycles. The van der Waals surface area contributed by atoms with Gasteiger partial charge in [0.2, 0.25) is 0 Å². The summed E-state index contributed by atoms with van der Waals surface area (Å²) in [6, 6.07) is 9.86. The SMILES string of the molecule is CC(=O)C1(NC(=O)c2cc3ccccc3s2)CCCCC1. The van der Waals surface area contributed by atoms with E-state index in [1.807, 2.05) is 30.3 Å². The number of carbonyl (C=O) groups excluding carboxylic acids is 2. The van der Waals surface area contributed by atoms with Gasteiger partial charge in [-0.1, -0.05) is 37.5 Å². The molecule has 1 amide bonds. The summed E-state index contributed by atoms with van der Waals surface area (Å²) in [5.41, 5.74) is -0.647. The summed E-state index contributed by atoms with van der Waals surface area (Å²) in [4.78, 5) is 25.3. The van der Waals surface area contributed by atoms with E-state index in [2.05, 4.69) is 5.32 Å². The standard InChI is InChI=1S/C17H19NO2S/c1-12(19)17(9-5-2-6-10-17)18-16(20)15-11-13-7-3-4-8-14(13)21-15/h3-4,7-8,11H,2,5-6,9-10H2,1H3,(H,18,20). The van der Waals surface area contributed by atoms with Crippen LogP contribution in [0.15, 0.2) is 30.3 Å². The molecule has 1 N–H and O–H groups in total. The predicted octanol–water partition coefficient (Wildman–Crippen LogP) is 3.92. The molecule has 0 saturated heterocycles. The molecule has 3 rings (SSSR count). The number of benzene rings is 1. The van der Waals surface area contributed by atoms with Gasteiger partial charge >= 0.3 is 0 Å². The lowest BCUT2D eigenvalue weighted by Crippen LogP contribution is -2.54. The van der Waals surface area contributed by atoms with Crippen molar-refractivity contribution in [2.24, 2.45) is 0 Å². The third-order valence-corrected chi connectivity index (χ3v) is 5.50. The quantitative estimate of drug-likeness (QED) is 0.934. The fourth-order valence-corrected chi connectivity index (χ4v) is 4.05. The van der Waals surface area contributed by atoms with Gasteiger partial charge in [-0.05, 0) is 37.3 Å². The van der Waals surface area contributed by atoms with E-state index < -0.39 is 5.54 Å². The van der Waals surface area contributed by atoms with Crippen molar-refractivity contribution in [3.63, 3.8) is 0 Å². The van der Waals surface area contributed by atoms with E-state index in [1.54, 1.807) is 6.92 Å². The van der Waals surface area contributed by atoms with Gasteiger partial charge in [0.25, 0.3) is 5.91 Å². The Morgan fingerprint density at radius 1 is 1.14 bits per heavy atom. The molecule has 1 fully saturated rings. The van der Waals surface area contributed by atoms with Crippen LogP contribution in [0.2, 0.25) is 0 Å². The maximum absolute atomic E-state index is 12.5. The van der Waals surface area contributed by atoms with Crippen LogP contribution in [0.4, 0.5) is 0 Å². The van der Waals surface area contributed by atoms with Crippen LogP contribution in [0, 0.1) is 0 Å². The number of ketones is 1. The topological polar surface area (TPSA) is 46.2 Å². The second-order valence-electron chi connectivity index (χ2n) is 5.80. The number of nitrogens with one attached hydrogen (secondary N) is 1. The molecule has 0 aliphatic heterocycles. The number of hydrogen-bond acceptors (Lipinski definition) is 3. The average molecular weight is 301 g/mol. The maximum Gasteiger partial charge on any atom is 0.262 e. The second-order valence-corrected chi connectivity index (χ2v) is 6.89. The number of fused-ring (bicyclic) bond motifs is 1. The highest BCUT2D eigenvalue weighted by molar-refractivity contribution is 7.20. The molecule has 2 aromatic rings. The summed E-state index contributed by atoms with van der Waals surface area (Å²) in [5, 5.41) is 4.11. The van der Waals surface area contributed by atoms with E-state index in [1.165, 1.54) is 11.3 Å². The molecule has 3 nitrogen and oxygen atoms in total. The van der Waals surface area contributed by atoms with Crippen molar-refractivity contribution < 1.29 is 9.59 Å². The molecule has 110 valence electrons. The molecule has 1 heterocycles. The first-order chi connectivity index (χ1) is 10.1. The number of amides is 1. The highest BCUT2D eigenvalue weighted by atomic mass is 32.1.